The highest BCUT2D eigenvalue weighted by Crippen LogP contribution is 2.30. The number of rotatable bonds is 3. The molecule has 2 aromatic rings. The number of aromatic nitrogens is 2. The molecule has 0 aliphatic carbocycles. The molecule has 0 aliphatic rings. The number of benzene rings is 1. The molecule has 3 N–H and O–H groups in total. The highest BCUT2D eigenvalue weighted by Gasteiger charge is 2.33. The van der Waals surface area contributed by atoms with Crippen LogP contribution in [0.5, 0.6) is 5.75 Å². The Morgan fingerprint density at radius 1 is 1.19 bits per heavy atom. The van der Waals surface area contributed by atoms with Crippen molar-refractivity contribution in [2.75, 3.05) is 18.2 Å². The van der Waals surface area contributed by atoms with E-state index >= 15 is 0 Å². The molecule has 8 heteroatoms. The zero-order valence-corrected chi connectivity index (χ0v) is 11.3. The lowest BCUT2D eigenvalue weighted by Gasteiger charge is -2.11. The van der Waals surface area contributed by atoms with Gasteiger partial charge >= 0.3 is 6.18 Å². The van der Waals surface area contributed by atoms with Crippen molar-refractivity contribution in [1.82, 2.24) is 9.97 Å². The van der Waals surface area contributed by atoms with Gasteiger partial charge in [-0.1, -0.05) is 0 Å². The standard InChI is InChI=1S/C13H13F3N4O/c1-7-5-8(3-4-9(7)21-2)18-11-6-10(13(14,15)16)19-12(17)20-11/h3-6H,1-2H3,(H3,17,18,19,20). The monoisotopic (exact) mass is 298 g/mol. The highest BCUT2D eigenvalue weighted by molar-refractivity contribution is 5.60. The van der Waals surface area contributed by atoms with Crippen molar-refractivity contribution in [2.45, 2.75) is 13.1 Å². The van der Waals surface area contributed by atoms with Crippen molar-refractivity contribution < 1.29 is 17.9 Å². The van der Waals surface area contributed by atoms with E-state index in [0.717, 1.165) is 11.6 Å². The van der Waals surface area contributed by atoms with Crippen LogP contribution in [0.25, 0.3) is 0 Å². The van der Waals surface area contributed by atoms with Crippen LogP contribution in [-0.4, -0.2) is 17.1 Å². The van der Waals surface area contributed by atoms with E-state index in [0.29, 0.717) is 11.4 Å². The van der Waals surface area contributed by atoms with E-state index in [-0.39, 0.29) is 5.82 Å². The minimum absolute atomic E-state index is 0.0283. The van der Waals surface area contributed by atoms with Gasteiger partial charge in [0.1, 0.15) is 11.6 Å². The number of nitrogens with zero attached hydrogens (tertiary/aromatic N) is 2. The molecule has 0 amide bonds. The Morgan fingerprint density at radius 2 is 1.90 bits per heavy atom. The molecular formula is C13H13F3N4O. The van der Waals surface area contributed by atoms with Crippen LogP contribution in [0.15, 0.2) is 24.3 Å². The van der Waals surface area contributed by atoms with Gasteiger partial charge in [0.15, 0.2) is 5.69 Å². The fourth-order valence-corrected chi connectivity index (χ4v) is 1.78. The lowest BCUT2D eigenvalue weighted by molar-refractivity contribution is -0.141. The number of anilines is 3. The van der Waals surface area contributed by atoms with Crippen LogP contribution in [0.4, 0.5) is 30.6 Å². The number of halogens is 3. The number of methoxy groups -OCH3 is 1. The van der Waals surface area contributed by atoms with Crippen LogP contribution in [0.1, 0.15) is 11.3 Å². The van der Waals surface area contributed by atoms with Crippen LogP contribution in [0, 0.1) is 6.92 Å². The largest absolute Gasteiger partial charge is 0.496 e. The third kappa shape index (κ3) is 3.53. The predicted molar refractivity (Wildman–Crippen MR) is 72.5 cm³/mol. The van der Waals surface area contributed by atoms with Gasteiger partial charge in [-0.15, -0.1) is 0 Å². The molecule has 112 valence electrons. The van der Waals surface area contributed by atoms with E-state index in [1.54, 1.807) is 18.2 Å². The third-order valence-corrected chi connectivity index (χ3v) is 2.70. The summed E-state index contributed by atoms with van der Waals surface area (Å²) < 4.78 is 43.1. The maximum Gasteiger partial charge on any atom is 0.433 e. The molecule has 0 aliphatic heterocycles. The van der Waals surface area contributed by atoms with Gasteiger partial charge in [0.25, 0.3) is 0 Å². The van der Waals surface area contributed by atoms with Crippen LogP contribution in [0.3, 0.4) is 0 Å². The van der Waals surface area contributed by atoms with Crippen molar-refractivity contribution in [3.05, 3.63) is 35.5 Å². The Hall–Kier alpha value is -2.51. The number of hydrogen-bond acceptors (Lipinski definition) is 5. The summed E-state index contributed by atoms with van der Waals surface area (Å²) in [4.78, 5) is 6.91. The fraction of sp³-hybridized carbons (Fsp3) is 0.231. The number of aryl methyl sites for hydroxylation is 1. The molecular weight excluding hydrogens is 285 g/mol. The van der Waals surface area contributed by atoms with E-state index in [4.69, 9.17) is 10.5 Å². The van der Waals surface area contributed by atoms with Gasteiger partial charge in [-0.3, -0.25) is 0 Å². The fourth-order valence-electron chi connectivity index (χ4n) is 1.78. The van der Waals surface area contributed by atoms with Gasteiger partial charge in [-0.25, -0.2) is 4.98 Å². The summed E-state index contributed by atoms with van der Waals surface area (Å²) in [5, 5.41) is 2.76. The Kier molecular flexibility index (Phi) is 3.88. The van der Waals surface area contributed by atoms with Crippen molar-refractivity contribution in [3.63, 3.8) is 0 Å². The normalized spacial score (nSPS) is 11.3. The van der Waals surface area contributed by atoms with Gasteiger partial charge < -0.3 is 15.8 Å². The summed E-state index contributed by atoms with van der Waals surface area (Å²) in [6, 6.07) is 5.89. The second-order valence-corrected chi connectivity index (χ2v) is 4.30. The Labute approximate surface area is 119 Å². The number of nitrogens with one attached hydrogen (secondary N) is 1. The molecule has 0 bridgehead atoms. The molecule has 5 nitrogen and oxygen atoms in total. The molecule has 0 radical (unpaired) electrons. The van der Waals surface area contributed by atoms with Crippen LogP contribution >= 0.6 is 0 Å². The molecule has 0 fully saturated rings. The average molecular weight is 298 g/mol. The minimum atomic E-state index is -4.58. The Balaban J connectivity index is 2.31. The summed E-state index contributed by atoms with van der Waals surface area (Å²) in [5.41, 5.74) is 5.61. The molecule has 0 saturated carbocycles. The van der Waals surface area contributed by atoms with E-state index in [1.165, 1.54) is 7.11 Å². The summed E-state index contributed by atoms with van der Waals surface area (Å²) >= 11 is 0. The van der Waals surface area contributed by atoms with Gasteiger partial charge in [0.2, 0.25) is 5.95 Å². The molecule has 2 rings (SSSR count). The molecule has 21 heavy (non-hydrogen) atoms. The van der Waals surface area contributed by atoms with E-state index < -0.39 is 17.8 Å². The minimum Gasteiger partial charge on any atom is -0.496 e. The summed E-state index contributed by atoms with van der Waals surface area (Å²) in [7, 11) is 1.54. The van der Waals surface area contributed by atoms with Crippen LogP contribution in [0.2, 0.25) is 0 Å². The Bertz CT molecular complexity index is 658. The molecule has 0 unspecified atom stereocenters. The van der Waals surface area contributed by atoms with Gasteiger partial charge in [0, 0.05) is 11.8 Å². The lowest BCUT2D eigenvalue weighted by Crippen LogP contribution is -2.12. The second-order valence-electron chi connectivity index (χ2n) is 4.30. The number of ether oxygens (including phenoxy) is 1. The van der Waals surface area contributed by atoms with Crippen molar-refractivity contribution >= 4 is 17.5 Å². The smallest absolute Gasteiger partial charge is 0.433 e. The molecule has 0 atom stereocenters. The molecule has 1 heterocycles. The first-order chi connectivity index (χ1) is 9.79. The van der Waals surface area contributed by atoms with Crippen molar-refractivity contribution in [3.8, 4) is 5.75 Å². The van der Waals surface area contributed by atoms with Crippen LogP contribution < -0.4 is 15.8 Å². The first kappa shape index (κ1) is 14.9. The maximum absolute atomic E-state index is 12.7. The van der Waals surface area contributed by atoms with E-state index in [9.17, 15) is 13.2 Å². The molecule has 1 aromatic heterocycles. The zero-order chi connectivity index (χ0) is 15.6. The summed E-state index contributed by atoms with van der Waals surface area (Å²) in [5.74, 6) is 0.204. The molecule has 1 aromatic carbocycles. The molecule has 0 saturated heterocycles. The molecule has 0 spiro atoms. The van der Waals surface area contributed by atoms with Gasteiger partial charge in [0.05, 0.1) is 7.11 Å². The SMILES string of the molecule is COc1ccc(Nc2cc(C(F)(F)F)nc(N)n2)cc1C. The Morgan fingerprint density at radius 3 is 2.48 bits per heavy atom. The maximum atomic E-state index is 12.7. The summed E-state index contributed by atoms with van der Waals surface area (Å²) in [6.07, 6.45) is -4.58. The van der Waals surface area contributed by atoms with Crippen molar-refractivity contribution in [2.24, 2.45) is 0 Å². The van der Waals surface area contributed by atoms with E-state index in [2.05, 4.69) is 15.3 Å². The lowest BCUT2D eigenvalue weighted by atomic mass is 10.2. The van der Waals surface area contributed by atoms with Gasteiger partial charge in [-0.05, 0) is 30.7 Å². The number of nitrogen functional groups attached to an aromatic ring is 1. The number of alkyl halides is 3. The number of hydrogen-bond donors (Lipinski definition) is 2. The quantitative estimate of drug-likeness (QED) is 0.910. The third-order valence-electron chi connectivity index (χ3n) is 2.70. The second kappa shape index (κ2) is 5.47. The topological polar surface area (TPSA) is 73.1 Å². The zero-order valence-electron chi connectivity index (χ0n) is 11.3. The van der Waals surface area contributed by atoms with Crippen LogP contribution in [-0.2, 0) is 6.18 Å². The first-order valence-electron chi connectivity index (χ1n) is 5.93. The van der Waals surface area contributed by atoms with Gasteiger partial charge in [-0.2, -0.15) is 18.2 Å². The van der Waals surface area contributed by atoms with E-state index in [1.807, 2.05) is 6.92 Å². The predicted octanol–water partition coefficient (Wildman–Crippen LogP) is 3.14. The average Bonchev–Trinajstić information content (AvgIpc) is 2.37. The number of nitrogens with two attached hydrogens (primary N) is 1. The first-order valence-corrected chi connectivity index (χ1v) is 5.93. The summed E-state index contributed by atoms with van der Waals surface area (Å²) in [6.45, 7) is 1.82. The van der Waals surface area contributed by atoms with Crippen molar-refractivity contribution in [1.29, 1.82) is 0 Å². The highest BCUT2D eigenvalue weighted by atomic mass is 19.4.